The number of nitro groups is 1. The highest BCUT2D eigenvalue weighted by Crippen LogP contribution is 2.23. The third-order valence-electron chi connectivity index (χ3n) is 3.48. The number of aromatic nitrogens is 2. The van der Waals surface area contributed by atoms with Crippen molar-refractivity contribution in [2.45, 2.75) is 5.16 Å². The summed E-state index contributed by atoms with van der Waals surface area (Å²) in [5.74, 6) is 0.145. The topological polar surface area (TPSA) is 78.0 Å². The number of benzene rings is 2. The van der Waals surface area contributed by atoms with Crippen LogP contribution in [0, 0.1) is 10.1 Å². The number of thioether (sulfide) groups is 1. The molecule has 0 fully saturated rings. The van der Waals surface area contributed by atoms with Crippen molar-refractivity contribution in [3.63, 3.8) is 0 Å². The number of non-ortho nitro benzene ring substituents is 1. The Hall–Kier alpha value is -2.19. The number of carbonyl (C=O) groups is 1. The first-order valence-corrected chi connectivity index (χ1v) is 7.87. The minimum atomic E-state index is -0.484. The van der Waals surface area contributed by atoms with E-state index in [2.05, 4.69) is 4.98 Å². The van der Waals surface area contributed by atoms with Crippen LogP contribution in [0.3, 0.4) is 0 Å². The molecule has 0 saturated carbocycles. The van der Waals surface area contributed by atoms with Crippen LogP contribution < -0.4 is 0 Å². The van der Waals surface area contributed by atoms with Crippen LogP contribution in [0.1, 0.15) is 10.4 Å². The summed E-state index contributed by atoms with van der Waals surface area (Å²) in [6.45, 7) is 0. The molecule has 1 heterocycles. The van der Waals surface area contributed by atoms with Gasteiger partial charge in [-0.1, -0.05) is 23.9 Å². The highest BCUT2D eigenvalue weighted by molar-refractivity contribution is 8.93. The van der Waals surface area contributed by atoms with E-state index in [1.165, 1.54) is 36.0 Å². The second-order valence-corrected chi connectivity index (χ2v) is 5.90. The van der Waals surface area contributed by atoms with Crippen LogP contribution >= 0.6 is 28.7 Å². The van der Waals surface area contributed by atoms with Crippen molar-refractivity contribution in [1.82, 2.24) is 9.55 Å². The van der Waals surface area contributed by atoms with E-state index in [4.69, 9.17) is 0 Å². The number of ketones is 1. The van der Waals surface area contributed by atoms with E-state index in [1.807, 2.05) is 35.9 Å². The zero-order valence-corrected chi connectivity index (χ0v) is 15.2. The summed E-state index contributed by atoms with van der Waals surface area (Å²) in [7, 11) is 1.91. The molecule has 0 aliphatic rings. The molecule has 0 saturated heterocycles. The molecule has 124 valence electrons. The Balaban J connectivity index is 0.00000208. The third kappa shape index (κ3) is 3.65. The first-order valence-electron chi connectivity index (χ1n) is 6.88. The summed E-state index contributed by atoms with van der Waals surface area (Å²) in [5.41, 5.74) is 2.34. The summed E-state index contributed by atoms with van der Waals surface area (Å²) >= 11 is 1.35. The minimum Gasteiger partial charge on any atom is -0.322 e. The van der Waals surface area contributed by atoms with Crippen LogP contribution in [0.2, 0.25) is 0 Å². The van der Waals surface area contributed by atoms with Crippen molar-refractivity contribution in [1.29, 1.82) is 0 Å². The van der Waals surface area contributed by atoms with Crippen molar-refractivity contribution in [2.75, 3.05) is 5.75 Å². The van der Waals surface area contributed by atoms with Gasteiger partial charge < -0.3 is 4.57 Å². The Morgan fingerprint density at radius 1 is 1.21 bits per heavy atom. The minimum absolute atomic E-state index is 0. The molecule has 0 aliphatic carbocycles. The van der Waals surface area contributed by atoms with Gasteiger partial charge in [0, 0.05) is 24.7 Å². The summed E-state index contributed by atoms with van der Waals surface area (Å²) in [6, 6.07) is 13.4. The van der Waals surface area contributed by atoms with E-state index in [-0.39, 0.29) is 34.2 Å². The normalized spacial score (nSPS) is 10.4. The Morgan fingerprint density at radius 2 is 1.88 bits per heavy atom. The third-order valence-corrected chi connectivity index (χ3v) is 4.51. The Bertz CT molecular complexity index is 893. The Morgan fingerprint density at radius 3 is 2.50 bits per heavy atom. The molecule has 0 unspecified atom stereocenters. The fraction of sp³-hybridized carbons (Fsp3) is 0.125. The second kappa shape index (κ2) is 7.59. The Kier molecular flexibility index (Phi) is 5.74. The van der Waals surface area contributed by atoms with E-state index < -0.39 is 4.92 Å². The molecule has 3 rings (SSSR count). The number of Topliss-reactive ketones (excluding diaryl/α,β-unsaturated/α-hetero) is 1. The lowest BCUT2D eigenvalue weighted by Crippen LogP contribution is -2.03. The van der Waals surface area contributed by atoms with Crippen molar-refractivity contribution >= 4 is 51.2 Å². The van der Waals surface area contributed by atoms with Gasteiger partial charge in [-0.05, 0) is 24.3 Å². The predicted octanol–water partition coefficient (Wildman–Crippen LogP) is 4.03. The largest absolute Gasteiger partial charge is 0.322 e. The zero-order chi connectivity index (χ0) is 16.4. The highest BCUT2D eigenvalue weighted by atomic mass is 79.9. The maximum atomic E-state index is 12.2. The molecule has 8 heteroatoms. The second-order valence-electron chi connectivity index (χ2n) is 4.96. The number of hydrogen-bond acceptors (Lipinski definition) is 5. The summed E-state index contributed by atoms with van der Waals surface area (Å²) in [6.07, 6.45) is 0. The molecule has 0 radical (unpaired) electrons. The van der Waals surface area contributed by atoms with Crippen LogP contribution in [0.15, 0.2) is 53.7 Å². The summed E-state index contributed by atoms with van der Waals surface area (Å²) in [5, 5.41) is 11.4. The molecular formula is C16H14BrN3O3S. The number of nitrogens with zero attached hydrogens (tertiary/aromatic N) is 3. The first kappa shape index (κ1) is 18.2. The van der Waals surface area contributed by atoms with Gasteiger partial charge in [0.1, 0.15) is 0 Å². The maximum absolute atomic E-state index is 12.2. The fourth-order valence-corrected chi connectivity index (χ4v) is 3.12. The smallest absolute Gasteiger partial charge is 0.269 e. The van der Waals surface area contributed by atoms with Crippen molar-refractivity contribution in [3.8, 4) is 0 Å². The average molecular weight is 408 g/mol. The lowest BCUT2D eigenvalue weighted by Gasteiger charge is -2.02. The van der Waals surface area contributed by atoms with Gasteiger partial charge in [0.15, 0.2) is 10.9 Å². The Labute approximate surface area is 152 Å². The number of fused-ring (bicyclic) bond motifs is 1. The van der Waals surface area contributed by atoms with Crippen LogP contribution in [-0.2, 0) is 7.05 Å². The van der Waals surface area contributed by atoms with Gasteiger partial charge in [-0.3, -0.25) is 14.9 Å². The molecular weight excluding hydrogens is 394 g/mol. The number of aryl methyl sites for hydroxylation is 1. The van der Waals surface area contributed by atoms with Gasteiger partial charge in [-0.15, -0.1) is 17.0 Å². The van der Waals surface area contributed by atoms with E-state index >= 15 is 0 Å². The number of para-hydroxylation sites is 2. The van der Waals surface area contributed by atoms with Gasteiger partial charge in [-0.2, -0.15) is 0 Å². The molecule has 0 aliphatic heterocycles. The standard InChI is InChI=1S/C16H13N3O3S.BrH/c1-18-14-5-3-2-4-13(14)17-16(18)23-10-15(20)11-6-8-12(9-7-11)19(21)22;/h2-9H,10H2,1H3;1H. The number of hydrogen-bond donors (Lipinski definition) is 0. The molecule has 0 N–H and O–H groups in total. The van der Waals surface area contributed by atoms with E-state index in [9.17, 15) is 14.9 Å². The number of rotatable bonds is 5. The van der Waals surface area contributed by atoms with Crippen molar-refractivity contribution < 1.29 is 9.72 Å². The molecule has 24 heavy (non-hydrogen) atoms. The zero-order valence-electron chi connectivity index (χ0n) is 12.7. The fourth-order valence-electron chi connectivity index (χ4n) is 2.23. The summed E-state index contributed by atoms with van der Waals surface area (Å²) < 4.78 is 1.95. The highest BCUT2D eigenvalue weighted by Gasteiger charge is 2.13. The molecule has 0 spiro atoms. The molecule has 1 aromatic heterocycles. The maximum Gasteiger partial charge on any atom is 0.269 e. The molecule has 0 atom stereocenters. The van der Waals surface area contributed by atoms with E-state index in [0.29, 0.717) is 5.56 Å². The van der Waals surface area contributed by atoms with Crippen LogP contribution in [0.5, 0.6) is 0 Å². The molecule has 6 nitrogen and oxygen atoms in total. The van der Waals surface area contributed by atoms with Gasteiger partial charge >= 0.3 is 0 Å². The monoisotopic (exact) mass is 407 g/mol. The van der Waals surface area contributed by atoms with Crippen molar-refractivity contribution in [3.05, 3.63) is 64.2 Å². The van der Waals surface area contributed by atoms with Crippen LogP contribution in [0.4, 0.5) is 5.69 Å². The number of imidazole rings is 1. The first-order chi connectivity index (χ1) is 11.1. The van der Waals surface area contributed by atoms with Crippen molar-refractivity contribution in [2.24, 2.45) is 7.05 Å². The molecule has 2 aromatic carbocycles. The predicted molar refractivity (Wildman–Crippen MR) is 99.2 cm³/mol. The number of nitro benzene ring substituents is 1. The molecule has 3 aromatic rings. The van der Waals surface area contributed by atoms with Gasteiger partial charge in [-0.25, -0.2) is 4.98 Å². The van der Waals surface area contributed by atoms with Gasteiger partial charge in [0.25, 0.3) is 5.69 Å². The lowest BCUT2D eigenvalue weighted by atomic mass is 10.1. The quantitative estimate of drug-likeness (QED) is 0.276. The van der Waals surface area contributed by atoms with Crippen LogP contribution in [0.25, 0.3) is 11.0 Å². The number of carbonyl (C=O) groups excluding carboxylic acids is 1. The average Bonchev–Trinajstić information content (AvgIpc) is 2.89. The SMILES string of the molecule is Br.Cn1c(SCC(=O)c2ccc([N+](=O)[O-])cc2)nc2ccccc21. The van der Waals surface area contributed by atoms with E-state index in [1.54, 1.807) is 0 Å². The molecule has 0 bridgehead atoms. The van der Waals surface area contributed by atoms with Crippen LogP contribution in [-0.4, -0.2) is 26.0 Å². The summed E-state index contributed by atoms with van der Waals surface area (Å²) in [4.78, 5) is 26.8. The van der Waals surface area contributed by atoms with E-state index in [0.717, 1.165) is 16.2 Å². The van der Waals surface area contributed by atoms with Gasteiger partial charge in [0.05, 0.1) is 21.7 Å². The number of halogens is 1. The molecule has 0 amide bonds. The van der Waals surface area contributed by atoms with Gasteiger partial charge in [0.2, 0.25) is 0 Å². The lowest BCUT2D eigenvalue weighted by molar-refractivity contribution is -0.384.